The van der Waals surface area contributed by atoms with E-state index in [0.29, 0.717) is 0 Å². The van der Waals surface area contributed by atoms with Gasteiger partial charge in [-0.25, -0.2) is 0 Å². The standard InChI is InChI=1S/C18H26N6O/c1-3-7-16(8-4-1)24-18(19-20-21-24)23-12-9-17(15-23)25-14-13-22-10-5-2-6-11-22/h1,3-4,7-8,17H,2,5-6,9-15H2/t17-/m1/s1. The highest BCUT2D eigenvalue weighted by atomic mass is 16.5. The molecule has 0 bridgehead atoms. The van der Waals surface area contributed by atoms with Crippen molar-refractivity contribution >= 4 is 5.95 Å². The van der Waals surface area contributed by atoms with Gasteiger partial charge >= 0.3 is 0 Å². The molecule has 3 heterocycles. The van der Waals surface area contributed by atoms with Crippen LogP contribution in [0, 0.1) is 0 Å². The summed E-state index contributed by atoms with van der Waals surface area (Å²) in [6.45, 7) is 6.12. The fourth-order valence-corrected chi connectivity index (χ4v) is 3.69. The molecule has 134 valence electrons. The SMILES string of the molecule is c1ccc(-n2nnnc2N2CC[C@@H](OCCN3CCCCC3)C2)cc1. The number of ether oxygens (including phenoxy) is 1. The zero-order valence-electron chi connectivity index (χ0n) is 14.6. The summed E-state index contributed by atoms with van der Waals surface area (Å²) in [4.78, 5) is 4.74. The van der Waals surface area contributed by atoms with E-state index in [1.807, 2.05) is 30.3 Å². The number of rotatable bonds is 6. The van der Waals surface area contributed by atoms with Crippen molar-refractivity contribution in [2.45, 2.75) is 31.8 Å². The first kappa shape index (κ1) is 16.5. The molecule has 2 saturated heterocycles. The van der Waals surface area contributed by atoms with Gasteiger partial charge < -0.3 is 14.5 Å². The smallest absolute Gasteiger partial charge is 0.250 e. The van der Waals surface area contributed by atoms with Crippen LogP contribution < -0.4 is 4.90 Å². The topological polar surface area (TPSA) is 59.3 Å². The Balaban J connectivity index is 1.30. The summed E-state index contributed by atoms with van der Waals surface area (Å²) < 4.78 is 7.92. The van der Waals surface area contributed by atoms with Crippen molar-refractivity contribution < 1.29 is 4.74 Å². The third-order valence-electron chi connectivity index (χ3n) is 5.09. The molecule has 0 spiro atoms. The Labute approximate surface area is 148 Å². The highest BCUT2D eigenvalue weighted by molar-refractivity contribution is 5.41. The second-order valence-corrected chi connectivity index (χ2v) is 6.86. The van der Waals surface area contributed by atoms with Crippen LogP contribution in [-0.2, 0) is 4.74 Å². The van der Waals surface area contributed by atoms with E-state index in [-0.39, 0.29) is 6.10 Å². The van der Waals surface area contributed by atoms with Gasteiger partial charge in [0.2, 0.25) is 5.95 Å². The largest absolute Gasteiger partial charge is 0.375 e. The summed E-state index contributed by atoms with van der Waals surface area (Å²) >= 11 is 0. The molecule has 0 amide bonds. The summed E-state index contributed by atoms with van der Waals surface area (Å²) in [7, 11) is 0. The molecule has 0 unspecified atom stereocenters. The van der Waals surface area contributed by atoms with E-state index in [0.717, 1.165) is 44.3 Å². The van der Waals surface area contributed by atoms with Crippen molar-refractivity contribution in [3.05, 3.63) is 30.3 Å². The van der Waals surface area contributed by atoms with Crippen molar-refractivity contribution in [1.29, 1.82) is 0 Å². The molecule has 25 heavy (non-hydrogen) atoms. The van der Waals surface area contributed by atoms with Gasteiger partial charge in [-0.05, 0) is 54.9 Å². The molecule has 2 aromatic rings. The van der Waals surface area contributed by atoms with Gasteiger partial charge in [0.15, 0.2) is 0 Å². The summed E-state index contributed by atoms with van der Waals surface area (Å²) in [5.74, 6) is 0.799. The number of para-hydroxylation sites is 1. The second kappa shape index (κ2) is 7.93. The minimum absolute atomic E-state index is 0.269. The molecular weight excluding hydrogens is 316 g/mol. The van der Waals surface area contributed by atoms with Crippen LogP contribution in [0.1, 0.15) is 25.7 Å². The van der Waals surface area contributed by atoms with Crippen LogP contribution in [0.3, 0.4) is 0 Å². The highest BCUT2D eigenvalue weighted by Crippen LogP contribution is 2.21. The molecular formula is C18H26N6O. The van der Waals surface area contributed by atoms with Crippen molar-refractivity contribution in [1.82, 2.24) is 25.1 Å². The molecule has 4 rings (SSSR count). The monoisotopic (exact) mass is 342 g/mol. The molecule has 7 heteroatoms. The fraction of sp³-hybridized carbons (Fsp3) is 0.611. The Kier molecular flexibility index (Phi) is 5.22. The van der Waals surface area contributed by atoms with Crippen LogP contribution in [0.15, 0.2) is 30.3 Å². The Morgan fingerprint density at radius 3 is 2.72 bits per heavy atom. The lowest BCUT2D eigenvalue weighted by atomic mass is 10.1. The number of tetrazole rings is 1. The number of nitrogens with zero attached hydrogens (tertiary/aromatic N) is 6. The first-order valence-electron chi connectivity index (χ1n) is 9.33. The molecule has 0 N–H and O–H groups in total. The zero-order chi connectivity index (χ0) is 16.9. The Bertz CT molecular complexity index is 655. The minimum Gasteiger partial charge on any atom is -0.375 e. The molecule has 1 aromatic heterocycles. The van der Waals surface area contributed by atoms with Crippen LogP contribution in [0.25, 0.3) is 5.69 Å². The first-order chi connectivity index (χ1) is 12.4. The van der Waals surface area contributed by atoms with E-state index in [1.54, 1.807) is 4.68 Å². The van der Waals surface area contributed by atoms with Crippen molar-refractivity contribution in [3.8, 4) is 5.69 Å². The molecule has 2 fully saturated rings. The van der Waals surface area contributed by atoms with Crippen molar-refractivity contribution in [3.63, 3.8) is 0 Å². The average Bonchev–Trinajstić information content (AvgIpc) is 3.32. The fourth-order valence-electron chi connectivity index (χ4n) is 3.69. The van der Waals surface area contributed by atoms with Gasteiger partial charge in [0.05, 0.1) is 18.4 Å². The highest BCUT2D eigenvalue weighted by Gasteiger charge is 2.27. The summed E-state index contributed by atoms with van der Waals surface area (Å²) in [6, 6.07) is 10.0. The maximum absolute atomic E-state index is 6.12. The van der Waals surface area contributed by atoms with Gasteiger partial charge in [0.25, 0.3) is 0 Å². The van der Waals surface area contributed by atoms with Gasteiger partial charge in [0.1, 0.15) is 0 Å². The van der Waals surface area contributed by atoms with E-state index in [2.05, 4.69) is 25.3 Å². The van der Waals surface area contributed by atoms with Gasteiger partial charge in [-0.3, -0.25) is 0 Å². The number of aromatic nitrogens is 4. The van der Waals surface area contributed by atoms with E-state index < -0.39 is 0 Å². The van der Waals surface area contributed by atoms with Gasteiger partial charge in [0, 0.05) is 19.6 Å². The third-order valence-corrected chi connectivity index (χ3v) is 5.09. The number of likely N-dealkylation sites (tertiary alicyclic amines) is 1. The van der Waals surface area contributed by atoms with Crippen LogP contribution >= 0.6 is 0 Å². The van der Waals surface area contributed by atoms with Gasteiger partial charge in [-0.2, -0.15) is 4.68 Å². The molecule has 1 atom stereocenters. The van der Waals surface area contributed by atoms with Crippen molar-refractivity contribution in [2.75, 3.05) is 44.2 Å². The van der Waals surface area contributed by atoms with E-state index in [1.165, 1.54) is 32.4 Å². The zero-order valence-corrected chi connectivity index (χ0v) is 14.6. The van der Waals surface area contributed by atoms with E-state index in [4.69, 9.17) is 4.74 Å². The number of hydrogen-bond donors (Lipinski definition) is 0. The molecule has 7 nitrogen and oxygen atoms in total. The first-order valence-corrected chi connectivity index (χ1v) is 9.33. The predicted octanol–water partition coefficient (Wildman–Crippen LogP) is 1.74. The molecule has 2 aliphatic rings. The molecule has 0 saturated carbocycles. The quantitative estimate of drug-likeness (QED) is 0.797. The lowest BCUT2D eigenvalue weighted by molar-refractivity contribution is 0.0466. The Morgan fingerprint density at radius 1 is 1.04 bits per heavy atom. The number of piperidine rings is 1. The molecule has 0 aliphatic carbocycles. The third kappa shape index (κ3) is 3.99. The van der Waals surface area contributed by atoms with E-state index in [9.17, 15) is 0 Å². The van der Waals surface area contributed by atoms with Crippen LogP contribution in [0.4, 0.5) is 5.95 Å². The normalized spacial score (nSPS) is 21.8. The minimum atomic E-state index is 0.269. The van der Waals surface area contributed by atoms with E-state index >= 15 is 0 Å². The summed E-state index contributed by atoms with van der Waals surface area (Å²) in [5.41, 5.74) is 0.983. The maximum Gasteiger partial charge on any atom is 0.250 e. The van der Waals surface area contributed by atoms with Crippen LogP contribution in [-0.4, -0.2) is 70.5 Å². The van der Waals surface area contributed by atoms with Gasteiger partial charge in [-0.1, -0.05) is 29.7 Å². The number of benzene rings is 1. The van der Waals surface area contributed by atoms with Crippen LogP contribution in [0.2, 0.25) is 0 Å². The lowest BCUT2D eigenvalue weighted by Crippen LogP contribution is -2.34. The molecule has 2 aliphatic heterocycles. The number of anilines is 1. The second-order valence-electron chi connectivity index (χ2n) is 6.86. The Morgan fingerprint density at radius 2 is 1.88 bits per heavy atom. The summed E-state index contributed by atoms with van der Waals surface area (Å²) in [6.07, 6.45) is 5.34. The Hall–Kier alpha value is -1.99. The average molecular weight is 342 g/mol. The van der Waals surface area contributed by atoms with Crippen LogP contribution in [0.5, 0.6) is 0 Å². The van der Waals surface area contributed by atoms with Gasteiger partial charge in [-0.15, -0.1) is 0 Å². The van der Waals surface area contributed by atoms with Crippen molar-refractivity contribution in [2.24, 2.45) is 0 Å². The predicted molar refractivity (Wildman–Crippen MR) is 96.0 cm³/mol. The maximum atomic E-state index is 6.12. The molecule has 0 radical (unpaired) electrons. The number of hydrogen-bond acceptors (Lipinski definition) is 6. The molecule has 1 aromatic carbocycles. The lowest BCUT2D eigenvalue weighted by Gasteiger charge is -2.26. The summed E-state index contributed by atoms with van der Waals surface area (Å²) in [5, 5.41) is 12.2.